The van der Waals surface area contributed by atoms with Crippen LogP contribution in [0, 0.1) is 11.5 Å². The number of nitrogens with zero attached hydrogens (tertiary/aromatic N) is 3. The second-order valence-corrected chi connectivity index (χ2v) is 7.40. The molecule has 1 aliphatic rings. The maximum absolute atomic E-state index is 12.8. The third kappa shape index (κ3) is 4.39. The molecular weight excluding hydrogens is 416 g/mol. The second-order valence-electron chi connectivity index (χ2n) is 5.81. The van der Waals surface area contributed by atoms with Gasteiger partial charge in [0.15, 0.2) is 11.4 Å². The van der Waals surface area contributed by atoms with Gasteiger partial charge in [-0.1, -0.05) is 47.6 Å². The Hall–Kier alpha value is -3.35. The van der Waals surface area contributed by atoms with Gasteiger partial charge < -0.3 is 5.11 Å². The minimum atomic E-state index is -1.25. The van der Waals surface area contributed by atoms with Crippen LogP contribution in [-0.4, -0.2) is 33.3 Å². The quantitative estimate of drug-likeness (QED) is 0.252. The molecule has 1 aliphatic heterocycles. The van der Waals surface area contributed by atoms with Crippen molar-refractivity contribution in [2.24, 2.45) is 4.99 Å². The number of aromatic carboxylic acids is 1. The molecule has 1 heterocycles. The summed E-state index contributed by atoms with van der Waals surface area (Å²) in [5.41, 5.74) is 0.250. The van der Waals surface area contributed by atoms with E-state index in [1.165, 1.54) is 18.2 Å². The smallest absolute Gasteiger partial charge is 0.337 e. The Kier molecular flexibility index (Phi) is 6.16. The van der Waals surface area contributed by atoms with Crippen molar-refractivity contribution in [1.29, 1.82) is 5.26 Å². The number of hydrogen-bond donors (Lipinski definition) is 2. The number of hydrogen-bond acceptors (Lipinski definition) is 6. The molecule has 0 aromatic heterocycles. The third-order valence-corrected chi connectivity index (χ3v) is 5.36. The van der Waals surface area contributed by atoms with E-state index in [1.54, 1.807) is 36.5 Å². The van der Waals surface area contributed by atoms with Crippen LogP contribution in [-0.2, 0) is 9.59 Å². The van der Waals surface area contributed by atoms with Crippen molar-refractivity contribution in [3.8, 4) is 6.19 Å². The van der Waals surface area contributed by atoms with Crippen LogP contribution in [0.5, 0.6) is 0 Å². The lowest BCUT2D eigenvalue weighted by molar-refractivity contribution is -0.121. The molecule has 0 radical (unpaired) electrons. The highest BCUT2D eigenvalue weighted by atomic mass is 35.5. The van der Waals surface area contributed by atoms with E-state index in [2.05, 4.69) is 10.3 Å². The van der Waals surface area contributed by atoms with Gasteiger partial charge >= 0.3 is 5.97 Å². The van der Waals surface area contributed by atoms with Crippen LogP contribution in [0.3, 0.4) is 0 Å². The number of nitrogens with one attached hydrogen (secondary N) is 1. The highest BCUT2D eigenvalue weighted by Crippen LogP contribution is 2.33. The Bertz CT molecular complexity index is 1070. The molecule has 146 valence electrons. The molecule has 2 N–H and O–H groups in total. The van der Waals surface area contributed by atoms with Crippen LogP contribution in [0.15, 0.2) is 53.5 Å². The fraction of sp³-hybridized carbons (Fsp3) is 0.105. The van der Waals surface area contributed by atoms with Crippen molar-refractivity contribution in [1.82, 2.24) is 5.32 Å². The van der Waals surface area contributed by atoms with E-state index in [-0.39, 0.29) is 22.8 Å². The van der Waals surface area contributed by atoms with E-state index < -0.39 is 23.0 Å². The number of imide groups is 1. The zero-order chi connectivity index (χ0) is 21.0. The first kappa shape index (κ1) is 20.4. The Labute approximate surface area is 174 Å². The van der Waals surface area contributed by atoms with Gasteiger partial charge in [0.25, 0.3) is 0 Å². The number of carbonyl (C=O) groups is 3. The summed E-state index contributed by atoms with van der Waals surface area (Å²) >= 11 is 6.98. The highest BCUT2D eigenvalue weighted by molar-refractivity contribution is 8.15. The number of thioether (sulfide) groups is 1. The Morgan fingerprint density at radius 3 is 2.62 bits per heavy atom. The number of halogens is 1. The van der Waals surface area contributed by atoms with Gasteiger partial charge in [-0.2, -0.15) is 5.26 Å². The Balaban J connectivity index is 1.88. The number of rotatable bonds is 4. The number of para-hydroxylation sites is 2. The number of carboxylic acid groups (broad SMARTS) is 1. The molecule has 8 nitrogen and oxygen atoms in total. The molecule has 0 bridgehead atoms. The first-order valence-corrected chi connectivity index (χ1v) is 9.52. The van der Waals surface area contributed by atoms with Gasteiger partial charge in [0.2, 0.25) is 11.8 Å². The van der Waals surface area contributed by atoms with Crippen LogP contribution >= 0.6 is 23.4 Å². The number of benzene rings is 2. The van der Waals surface area contributed by atoms with Crippen LogP contribution < -0.4 is 10.2 Å². The molecule has 2 amide bonds. The zero-order valence-corrected chi connectivity index (χ0v) is 16.3. The van der Waals surface area contributed by atoms with Crippen molar-refractivity contribution in [3.63, 3.8) is 0 Å². The molecule has 2 aromatic carbocycles. The van der Waals surface area contributed by atoms with Crippen LogP contribution in [0.25, 0.3) is 0 Å². The topological polar surface area (TPSA) is 123 Å². The summed E-state index contributed by atoms with van der Waals surface area (Å²) in [5.74, 6) is -2.36. The molecule has 0 saturated carbocycles. The van der Waals surface area contributed by atoms with Gasteiger partial charge in [-0.3, -0.25) is 14.9 Å². The maximum atomic E-state index is 12.8. The lowest BCUT2D eigenvalue weighted by Crippen LogP contribution is -2.33. The van der Waals surface area contributed by atoms with Crippen LogP contribution in [0.1, 0.15) is 16.8 Å². The minimum Gasteiger partial charge on any atom is -0.478 e. The van der Waals surface area contributed by atoms with Crippen molar-refractivity contribution < 1.29 is 19.5 Å². The summed E-state index contributed by atoms with van der Waals surface area (Å²) in [6, 6.07) is 12.5. The molecule has 0 aliphatic carbocycles. The van der Waals surface area contributed by atoms with Crippen molar-refractivity contribution in [3.05, 3.63) is 59.1 Å². The first-order valence-electron chi connectivity index (χ1n) is 8.26. The van der Waals surface area contributed by atoms with E-state index in [9.17, 15) is 19.5 Å². The van der Waals surface area contributed by atoms with Crippen LogP contribution in [0.2, 0.25) is 5.02 Å². The average molecular weight is 429 g/mol. The largest absolute Gasteiger partial charge is 0.478 e. The van der Waals surface area contributed by atoms with Gasteiger partial charge in [0.1, 0.15) is 5.25 Å². The molecule has 0 unspecified atom stereocenters. The first-order chi connectivity index (χ1) is 13.9. The van der Waals surface area contributed by atoms with Crippen molar-refractivity contribution >= 4 is 57.7 Å². The number of nitriles is 1. The molecule has 1 saturated heterocycles. The predicted molar refractivity (Wildman–Crippen MR) is 109 cm³/mol. The monoisotopic (exact) mass is 428 g/mol. The number of amidine groups is 1. The fourth-order valence-corrected chi connectivity index (χ4v) is 3.85. The van der Waals surface area contributed by atoms with E-state index >= 15 is 0 Å². The minimum absolute atomic E-state index is 0.0101. The summed E-state index contributed by atoms with van der Waals surface area (Å²) in [4.78, 5) is 41.9. The summed E-state index contributed by atoms with van der Waals surface area (Å²) < 4.78 is 0. The molecule has 3 rings (SSSR count). The van der Waals surface area contributed by atoms with E-state index in [4.69, 9.17) is 16.9 Å². The predicted octanol–water partition coefficient (Wildman–Crippen LogP) is 3.16. The zero-order valence-electron chi connectivity index (χ0n) is 14.7. The number of aliphatic imine (C=N–C) groups is 1. The molecule has 2 aromatic rings. The van der Waals surface area contributed by atoms with Crippen LogP contribution in [0.4, 0.5) is 11.4 Å². The number of carbonyl (C=O) groups excluding carboxylic acids is 2. The molecule has 1 atom stereocenters. The second kappa shape index (κ2) is 8.77. The Morgan fingerprint density at radius 1 is 1.24 bits per heavy atom. The van der Waals surface area contributed by atoms with E-state index in [1.807, 2.05) is 0 Å². The molecule has 1 fully saturated rings. The van der Waals surface area contributed by atoms with Gasteiger partial charge in [-0.05, 0) is 24.3 Å². The maximum Gasteiger partial charge on any atom is 0.337 e. The summed E-state index contributed by atoms with van der Waals surface area (Å²) in [6.45, 7) is 0. The number of amides is 2. The third-order valence-electron chi connectivity index (χ3n) is 3.97. The van der Waals surface area contributed by atoms with Gasteiger partial charge in [0, 0.05) is 6.42 Å². The number of carboxylic acids is 1. The molecule has 0 spiro atoms. The standard InChI is InChI=1S/C19H13ClN4O4S/c20-12-6-2-3-7-13(12)23-19(22-10-21)29-15-9-16(25)24(17(15)26)14-8-4-1-5-11(14)18(27)28/h1-8,15H,9H2,(H,22,23)(H,27,28)/t15-/m1/s1. The molecule has 29 heavy (non-hydrogen) atoms. The Morgan fingerprint density at radius 2 is 1.93 bits per heavy atom. The van der Waals surface area contributed by atoms with E-state index in [0.29, 0.717) is 10.7 Å². The lowest BCUT2D eigenvalue weighted by atomic mass is 10.1. The van der Waals surface area contributed by atoms with E-state index in [0.717, 1.165) is 16.7 Å². The summed E-state index contributed by atoms with van der Waals surface area (Å²) in [5, 5.41) is 20.3. The molecule has 10 heteroatoms. The summed E-state index contributed by atoms with van der Waals surface area (Å²) in [7, 11) is 0. The lowest BCUT2D eigenvalue weighted by Gasteiger charge is -2.17. The average Bonchev–Trinajstić information content (AvgIpc) is 2.96. The fourth-order valence-electron chi connectivity index (χ4n) is 2.72. The van der Waals surface area contributed by atoms with Gasteiger partial charge in [0.05, 0.1) is 22.0 Å². The van der Waals surface area contributed by atoms with Crippen molar-refractivity contribution in [2.45, 2.75) is 11.7 Å². The highest BCUT2D eigenvalue weighted by Gasteiger charge is 2.42. The van der Waals surface area contributed by atoms with Gasteiger partial charge in [-0.15, -0.1) is 0 Å². The normalized spacial score (nSPS) is 16.6. The SMILES string of the molecule is N#CNC(=Nc1ccccc1Cl)S[C@@H]1CC(=O)N(c2ccccc2C(=O)O)C1=O. The van der Waals surface area contributed by atoms with Gasteiger partial charge in [-0.25, -0.2) is 14.7 Å². The summed E-state index contributed by atoms with van der Waals surface area (Å²) in [6.07, 6.45) is 1.58. The molecular formula is C19H13ClN4O4S. The number of anilines is 1. The van der Waals surface area contributed by atoms with Crippen molar-refractivity contribution in [2.75, 3.05) is 4.90 Å².